The zero-order valence-corrected chi connectivity index (χ0v) is 15.0. The fourth-order valence-corrected chi connectivity index (χ4v) is 3.23. The maximum Gasteiger partial charge on any atom is 0.234 e. The minimum Gasteiger partial charge on any atom is -0.351 e. The molecule has 0 aliphatic carbocycles. The highest BCUT2D eigenvalue weighted by molar-refractivity contribution is 7.16. The highest BCUT2D eigenvalue weighted by Crippen LogP contribution is 2.23. The van der Waals surface area contributed by atoms with E-state index >= 15 is 0 Å². The summed E-state index contributed by atoms with van der Waals surface area (Å²) in [6, 6.07) is 4.22. The van der Waals surface area contributed by atoms with Gasteiger partial charge in [0.2, 0.25) is 17.8 Å². The molecule has 0 aliphatic heterocycles. The highest BCUT2D eigenvalue weighted by Gasteiger charge is 2.11. The van der Waals surface area contributed by atoms with Crippen LogP contribution in [0.4, 0.5) is 11.9 Å². The van der Waals surface area contributed by atoms with Crippen LogP contribution < -0.4 is 10.6 Å². The van der Waals surface area contributed by atoms with E-state index in [-0.39, 0.29) is 17.9 Å². The van der Waals surface area contributed by atoms with Gasteiger partial charge in [0.15, 0.2) is 0 Å². The number of nitrogens with zero attached hydrogens (tertiary/aromatic N) is 3. The Hall–Kier alpha value is -1.73. The first-order valence-electron chi connectivity index (χ1n) is 7.47. The normalized spacial score (nSPS) is 12.0. The first-order chi connectivity index (χ1) is 11.0. The second-order valence-corrected chi connectivity index (χ2v) is 7.00. The van der Waals surface area contributed by atoms with Crippen molar-refractivity contribution in [3.63, 3.8) is 0 Å². The maximum absolute atomic E-state index is 11.1. The third-order valence-corrected chi connectivity index (χ3v) is 4.52. The van der Waals surface area contributed by atoms with E-state index in [9.17, 15) is 4.79 Å². The molecular weight excluding hydrogens is 334 g/mol. The van der Waals surface area contributed by atoms with Crippen molar-refractivity contribution in [3.8, 4) is 0 Å². The van der Waals surface area contributed by atoms with Crippen LogP contribution in [0.5, 0.6) is 0 Å². The molecule has 0 aromatic carbocycles. The van der Waals surface area contributed by atoms with Crippen molar-refractivity contribution < 1.29 is 4.79 Å². The number of amides is 1. The lowest BCUT2D eigenvalue weighted by Crippen LogP contribution is -2.22. The van der Waals surface area contributed by atoms with Crippen molar-refractivity contribution in [1.29, 1.82) is 0 Å². The van der Waals surface area contributed by atoms with E-state index in [0.29, 0.717) is 11.8 Å². The zero-order chi connectivity index (χ0) is 16.8. The molecule has 0 saturated heterocycles. The molecule has 1 amide bonds. The van der Waals surface area contributed by atoms with Gasteiger partial charge in [0, 0.05) is 17.8 Å². The highest BCUT2D eigenvalue weighted by atomic mass is 35.5. The lowest BCUT2D eigenvalue weighted by atomic mass is 10.1. The number of aromatic nitrogens is 3. The molecule has 6 nitrogen and oxygen atoms in total. The summed E-state index contributed by atoms with van der Waals surface area (Å²) in [5.41, 5.74) is 0. The van der Waals surface area contributed by atoms with E-state index < -0.39 is 0 Å². The molecule has 2 aromatic rings. The number of aryl methyl sites for hydroxylation is 2. The van der Waals surface area contributed by atoms with Crippen LogP contribution >= 0.6 is 22.9 Å². The van der Waals surface area contributed by atoms with Crippen LogP contribution in [-0.2, 0) is 11.2 Å². The predicted molar refractivity (Wildman–Crippen MR) is 94.2 cm³/mol. The molecule has 2 rings (SSSR count). The van der Waals surface area contributed by atoms with Crippen LogP contribution in [-0.4, -0.2) is 26.9 Å². The fraction of sp³-hybridized carbons (Fsp3) is 0.467. The molecule has 2 heterocycles. The maximum atomic E-state index is 11.1. The number of rotatable bonds is 7. The van der Waals surface area contributed by atoms with Gasteiger partial charge in [-0.2, -0.15) is 15.0 Å². The van der Waals surface area contributed by atoms with Gasteiger partial charge in [0.25, 0.3) is 0 Å². The lowest BCUT2D eigenvalue weighted by Gasteiger charge is -2.17. The van der Waals surface area contributed by atoms with Crippen molar-refractivity contribution >= 4 is 40.7 Å². The van der Waals surface area contributed by atoms with Crippen molar-refractivity contribution in [2.45, 2.75) is 46.1 Å². The van der Waals surface area contributed by atoms with Crippen molar-refractivity contribution in [3.05, 3.63) is 27.2 Å². The molecule has 8 heteroatoms. The summed E-state index contributed by atoms with van der Waals surface area (Å²) in [4.78, 5) is 25.0. The summed E-state index contributed by atoms with van der Waals surface area (Å²) >= 11 is 7.56. The van der Waals surface area contributed by atoms with Crippen LogP contribution in [0.2, 0.25) is 4.34 Å². The van der Waals surface area contributed by atoms with Gasteiger partial charge in [-0.3, -0.25) is 10.1 Å². The quantitative estimate of drug-likeness (QED) is 0.793. The SMILES string of the molecule is CCC(CCc1ccc(Cl)s1)Nc1nc(C)nc(NC(C)=O)n1. The molecule has 23 heavy (non-hydrogen) atoms. The van der Waals surface area contributed by atoms with E-state index in [1.54, 1.807) is 18.3 Å². The van der Waals surface area contributed by atoms with Crippen LogP contribution in [0, 0.1) is 6.92 Å². The molecule has 0 saturated carbocycles. The summed E-state index contributed by atoms with van der Waals surface area (Å²) in [5.74, 6) is 1.11. The van der Waals surface area contributed by atoms with E-state index in [4.69, 9.17) is 11.6 Å². The smallest absolute Gasteiger partial charge is 0.234 e. The largest absolute Gasteiger partial charge is 0.351 e. The van der Waals surface area contributed by atoms with Crippen molar-refractivity contribution in [2.75, 3.05) is 10.6 Å². The lowest BCUT2D eigenvalue weighted by molar-refractivity contribution is -0.114. The number of carbonyl (C=O) groups excluding carboxylic acids is 1. The number of carbonyl (C=O) groups is 1. The Morgan fingerprint density at radius 2 is 2.04 bits per heavy atom. The fourth-order valence-electron chi connectivity index (χ4n) is 2.12. The van der Waals surface area contributed by atoms with Gasteiger partial charge in [0.05, 0.1) is 4.34 Å². The molecule has 0 bridgehead atoms. The van der Waals surface area contributed by atoms with Gasteiger partial charge in [-0.15, -0.1) is 11.3 Å². The van der Waals surface area contributed by atoms with E-state index in [2.05, 4.69) is 38.6 Å². The Labute approximate surface area is 144 Å². The summed E-state index contributed by atoms with van der Waals surface area (Å²) < 4.78 is 0.814. The number of hydrogen-bond acceptors (Lipinski definition) is 6. The minimum absolute atomic E-state index is 0.205. The zero-order valence-electron chi connectivity index (χ0n) is 13.4. The van der Waals surface area contributed by atoms with Crippen LogP contribution in [0.25, 0.3) is 0 Å². The van der Waals surface area contributed by atoms with Crippen molar-refractivity contribution in [2.24, 2.45) is 0 Å². The Kier molecular flexibility index (Phi) is 6.29. The van der Waals surface area contributed by atoms with Gasteiger partial charge < -0.3 is 5.32 Å². The number of anilines is 2. The standard InChI is InChI=1S/C15H20ClN5OS/c1-4-11(5-6-12-7-8-13(16)23-12)20-15-18-9(2)17-14(21-15)19-10(3)22/h7-8,11H,4-6H2,1-3H3,(H2,17,18,19,20,21,22). The Balaban J connectivity index is 2.00. The number of thiophene rings is 1. The Bertz CT molecular complexity index is 676. The number of halogens is 1. The van der Waals surface area contributed by atoms with Gasteiger partial charge >= 0.3 is 0 Å². The molecule has 2 N–H and O–H groups in total. The van der Waals surface area contributed by atoms with Gasteiger partial charge in [-0.25, -0.2) is 0 Å². The van der Waals surface area contributed by atoms with E-state index in [1.165, 1.54) is 11.8 Å². The second kappa shape index (κ2) is 8.21. The molecule has 2 aromatic heterocycles. The Morgan fingerprint density at radius 3 is 2.65 bits per heavy atom. The molecular formula is C15H20ClN5OS. The average molecular weight is 354 g/mol. The first-order valence-corrected chi connectivity index (χ1v) is 8.66. The molecule has 0 fully saturated rings. The topological polar surface area (TPSA) is 79.8 Å². The van der Waals surface area contributed by atoms with E-state index in [0.717, 1.165) is 23.6 Å². The number of hydrogen-bond donors (Lipinski definition) is 2. The third kappa shape index (κ3) is 5.76. The number of nitrogens with one attached hydrogen (secondary N) is 2. The molecule has 124 valence electrons. The van der Waals surface area contributed by atoms with Gasteiger partial charge in [0.1, 0.15) is 5.82 Å². The van der Waals surface area contributed by atoms with Gasteiger partial charge in [-0.1, -0.05) is 18.5 Å². The summed E-state index contributed by atoms with van der Waals surface area (Å²) in [6.07, 6.45) is 2.85. The Morgan fingerprint density at radius 1 is 1.30 bits per heavy atom. The summed E-state index contributed by atoms with van der Waals surface area (Å²) in [6.45, 7) is 5.31. The molecule has 0 radical (unpaired) electrons. The molecule has 1 atom stereocenters. The molecule has 0 spiro atoms. The predicted octanol–water partition coefficient (Wildman–Crippen LogP) is 3.68. The molecule has 1 unspecified atom stereocenters. The minimum atomic E-state index is -0.205. The van der Waals surface area contributed by atoms with Crippen LogP contribution in [0.15, 0.2) is 12.1 Å². The summed E-state index contributed by atoms with van der Waals surface area (Å²) in [7, 11) is 0. The first kappa shape index (κ1) is 17.6. The van der Waals surface area contributed by atoms with Crippen molar-refractivity contribution in [1.82, 2.24) is 15.0 Å². The monoisotopic (exact) mass is 353 g/mol. The van der Waals surface area contributed by atoms with E-state index in [1.807, 2.05) is 6.07 Å². The second-order valence-electron chi connectivity index (χ2n) is 5.21. The van der Waals surface area contributed by atoms with Crippen LogP contribution in [0.3, 0.4) is 0 Å². The third-order valence-electron chi connectivity index (χ3n) is 3.23. The molecule has 0 aliphatic rings. The summed E-state index contributed by atoms with van der Waals surface area (Å²) in [5, 5.41) is 5.90. The van der Waals surface area contributed by atoms with Gasteiger partial charge in [-0.05, 0) is 38.3 Å². The average Bonchev–Trinajstić information content (AvgIpc) is 2.87. The van der Waals surface area contributed by atoms with Crippen LogP contribution in [0.1, 0.15) is 37.4 Å².